The van der Waals surface area contributed by atoms with Crippen LogP contribution in [-0.2, 0) is 22.6 Å². The van der Waals surface area contributed by atoms with Crippen molar-refractivity contribution in [1.29, 1.82) is 0 Å². The molecule has 138 valence electrons. The molecule has 6 nitrogen and oxygen atoms in total. The molecule has 0 bridgehead atoms. The minimum Gasteiger partial charge on any atom is -0.505 e. The van der Waals surface area contributed by atoms with Gasteiger partial charge in [-0.15, -0.1) is 0 Å². The Hall–Kier alpha value is -2.44. The lowest BCUT2D eigenvalue weighted by Gasteiger charge is -2.24. The van der Waals surface area contributed by atoms with Crippen LogP contribution in [0.15, 0.2) is 42.5 Å². The van der Waals surface area contributed by atoms with E-state index in [2.05, 4.69) is 0 Å². The molecule has 0 aliphatic carbocycles. The van der Waals surface area contributed by atoms with Crippen LogP contribution >= 0.6 is 23.2 Å². The number of ether oxygens (including phenoxy) is 1. The Balaban J connectivity index is 2.08. The third-order valence-electron chi connectivity index (χ3n) is 3.75. The molecule has 0 fully saturated rings. The average Bonchev–Trinajstić information content (AvgIpc) is 2.62. The van der Waals surface area contributed by atoms with Gasteiger partial charge in [-0.05, 0) is 23.3 Å². The van der Waals surface area contributed by atoms with Gasteiger partial charge in [0.05, 0.1) is 10.0 Å². The number of hydrogen-bond acceptors (Lipinski definition) is 4. The fraction of sp³-hybridized carbons (Fsp3) is 0.222. The van der Waals surface area contributed by atoms with Gasteiger partial charge in [-0.2, -0.15) is 0 Å². The Labute approximate surface area is 160 Å². The van der Waals surface area contributed by atoms with Crippen molar-refractivity contribution >= 4 is 35.3 Å². The normalized spacial score (nSPS) is 11.7. The topological polar surface area (TPSA) is 87.1 Å². The first kappa shape index (κ1) is 19.9. The summed E-state index contributed by atoms with van der Waals surface area (Å²) in [6, 6.07) is 10.7. The van der Waals surface area contributed by atoms with Gasteiger partial charge in [0.2, 0.25) is 0 Å². The number of aromatic hydroxyl groups is 1. The smallest absolute Gasteiger partial charge is 0.410 e. The molecule has 1 atom stereocenters. The zero-order valence-electron chi connectivity index (χ0n) is 13.9. The zero-order chi connectivity index (χ0) is 19.3. The maximum atomic E-state index is 12.2. The summed E-state index contributed by atoms with van der Waals surface area (Å²) in [5.41, 5.74) is 1.26. The van der Waals surface area contributed by atoms with E-state index in [1.165, 1.54) is 19.2 Å². The van der Waals surface area contributed by atoms with Gasteiger partial charge in [-0.3, -0.25) is 4.90 Å². The monoisotopic (exact) mass is 397 g/mol. The molecular weight excluding hydrogens is 381 g/mol. The van der Waals surface area contributed by atoms with Gasteiger partial charge in [0.25, 0.3) is 0 Å². The summed E-state index contributed by atoms with van der Waals surface area (Å²) in [7, 11) is 1.34. The number of carbonyl (C=O) groups excluding carboxylic acids is 1. The van der Waals surface area contributed by atoms with Gasteiger partial charge < -0.3 is 14.9 Å². The number of carboxylic acid groups (broad SMARTS) is 1. The number of phenolic OH excluding ortho intramolecular Hbond substituents is 1. The summed E-state index contributed by atoms with van der Waals surface area (Å²) >= 11 is 11.7. The fourth-order valence-corrected chi connectivity index (χ4v) is 2.83. The molecule has 0 saturated heterocycles. The van der Waals surface area contributed by atoms with E-state index in [1.54, 1.807) is 12.1 Å². The van der Waals surface area contributed by atoms with Crippen molar-refractivity contribution in [3.05, 3.63) is 63.6 Å². The highest BCUT2D eigenvalue weighted by molar-refractivity contribution is 6.37. The first-order chi connectivity index (χ1) is 12.3. The number of nitrogens with zero attached hydrogens (tertiary/aromatic N) is 1. The van der Waals surface area contributed by atoms with Crippen LogP contribution in [0.3, 0.4) is 0 Å². The summed E-state index contributed by atoms with van der Waals surface area (Å²) in [4.78, 5) is 24.8. The van der Waals surface area contributed by atoms with Crippen molar-refractivity contribution in [2.75, 3.05) is 7.05 Å². The van der Waals surface area contributed by atoms with Crippen LogP contribution in [0.25, 0.3) is 0 Å². The number of rotatable bonds is 6. The van der Waals surface area contributed by atoms with E-state index in [9.17, 15) is 19.8 Å². The number of carboxylic acids is 1. The van der Waals surface area contributed by atoms with E-state index in [1.807, 2.05) is 18.2 Å². The molecule has 0 aliphatic heterocycles. The number of aliphatic carboxylic acids is 1. The fourth-order valence-electron chi connectivity index (χ4n) is 2.30. The predicted molar refractivity (Wildman–Crippen MR) is 97.6 cm³/mol. The average molecular weight is 398 g/mol. The van der Waals surface area contributed by atoms with E-state index in [4.69, 9.17) is 27.9 Å². The van der Waals surface area contributed by atoms with E-state index in [0.717, 1.165) is 10.5 Å². The minimum atomic E-state index is -1.20. The number of amides is 1. The minimum absolute atomic E-state index is 0.00551. The zero-order valence-corrected chi connectivity index (χ0v) is 15.4. The van der Waals surface area contributed by atoms with E-state index < -0.39 is 18.1 Å². The number of halogens is 2. The van der Waals surface area contributed by atoms with Crippen LogP contribution in [0.5, 0.6) is 5.75 Å². The van der Waals surface area contributed by atoms with E-state index in [0.29, 0.717) is 5.56 Å². The SMILES string of the molecule is CN(C(=O)OCc1ccccc1)[C@@H](Cc1cc(Cl)c(O)c(Cl)c1)C(=O)O. The number of hydrogen-bond donors (Lipinski definition) is 2. The van der Waals surface area contributed by atoms with Crippen LogP contribution in [0.4, 0.5) is 4.79 Å². The predicted octanol–water partition coefficient (Wildman–Crippen LogP) is 3.96. The first-order valence-corrected chi connectivity index (χ1v) is 8.38. The van der Waals surface area contributed by atoms with Gasteiger partial charge in [-0.1, -0.05) is 53.5 Å². The molecule has 2 aromatic rings. The van der Waals surface area contributed by atoms with Gasteiger partial charge in [-0.25, -0.2) is 9.59 Å². The molecule has 2 aromatic carbocycles. The maximum Gasteiger partial charge on any atom is 0.410 e. The standard InChI is InChI=1S/C18H17Cl2NO5/c1-21(18(25)26-10-11-5-3-2-4-6-11)15(17(23)24)9-12-7-13(19)16(22)14(20)8-12/h2-8,15,22H,9-10H2,1H3,(H,23,24)/t15-/m0/s1. The van der Waals surface area contributed by atoms with Crippen LogP contribution in [0.1, 0.15) is 11.1 Å². The molecule has 0 aliphatic rings. The lowest BCUT2D eigenvalue weighted by atomic mass is 10.0. The second-order valence-electron chi connectivity index (χ2n) is 5.62. The quantitative estimate of drug-likeness (QED) is 0.769. The van der Waals surface area contributed by atoms with Gasteiger partial charge in [0, 0.05) is 13.5 Å². The second kappa shape index (κ2) is 8.78. The molecule has 2 rings (SSSR count). The largest absolute Gasteiger partial charge is 0.505 e. The van der Waals surface area contributed by atoms with Crippen molar-refractivity contribution < 1.29 is 24.5 Å². The maximum absolute atomic E-state index is 12.2. The summed E-state index contributed by atoms with van der Waals surface area (Å²) in [6.07, 6.45) is -0.816. The van der Waals surface area contributed by atoms with Gasteiger partial charge in [0.15, 0.2) is 5.75 Å². The summed E-state index contributed by atoms with van der Waals surface area (Å²) in [5.74, 6) is -1.48. The molecule has 0 saturated carbocycles. The number of benzene rings is 2. The van der Waals surface area contributed by atoms with E-state index >= 15 is 0 Å². The van der Waals surface area contributed by atoms with Crippen molar-refractivity contribution in [1.82, 2.24) is 4.90 Å². The molecular formula is C18H17Cl2NO5. The Morgan fingerprint density at radius 3 is 2.23 bits per heavy atom. The number of phenols is 1. The Bertz CT molecular complexity index is 774. The van der Waals surface area contributed by atoms with Crippen LogP contribution in [0.2, 0.25) is 10.0 Å². The van der Waals surface area contributed by atoms with Crippen molar-refractivity contribution in [3.8, 4) is 5.75 Å². The molecule has 26 heavy (non-hydrogen) atoms. The molecule has 0 aromatic heterocycles. The Morgan fingerprint density at radius 1 is 1.12 bits per heavy atom. The Morgan fingerprint density at radius 2 is 1.69 bits per heavy atom. The highest BCUT2D eigenvalue weighted by Gasteiger charge is 2.28. The van der Waals surface area contributed by atoms with Crippen molar-refractivity contribution in [3.63, 3.8) is 0 Å². The molecule has 0 unspecified atom stereocenters. The number of likely N-dealkylation sites (N-methyl/N-ethyl adjacent to an activating group) is 1. The van der Waals surface area contributed by atoms with E-state index in [-0.39, 0.29) is 28.8 Å². The third-order valence-corrected chi connectivity index (χ3v) is 4.33. The third kappa shape index (κ3) is 5.03. The lowest BCUT2D eigenvalue weighted by Crippen LogP contribution is -2.44. The number of carbonyl (C=O) groups is 2. The van der Waals surface area contributed by atoms with Crippen LogP contribution < -0.4 is 0 Å². The summed E-state index contributed by atoms with van der Waals surface area (Å²) in [6.45, 7) is 0.0349. The molecule has 2 N–H and O–H groups in total. The van der Waals surface area contributed by atoms with Crippen LogP contribution in [-0.4, -0.2) is 40.3 Å². The molecule has 0 spiro atoms. The van der Waals surface area contributed by atoms with Crippen molar-refractivity contribution in [2.45, 2.75) is 19.1 Å². The second-order valence-corrected chi connectivity index (χ2v) is 6.43. The molecule has 1 amide bonds. The lowest BCUT2D eigenvalue weighted by molar-refractivity contribution is -0.142. The Kier molecular flexibility index (Phi) is 6.71. The highest BCUT2D eigenvalue weighted by Crippen LogP contribution is 2.33. The molecule has 0 radical (unpaired) electrons. The molecule has 0 heterocycles. The molecule has 8 heteroatoms. The highest BCUT2D eigenvalue weighted by atomic mass is 35.5. The summed E-state index contributed by atoms with van der Waals surface area (Å²) in [5, 5.41) is 19.1. The van der Waals surface area contributed by atoms with Gasteiger partial charge in [0.1, 0.15) is 12.6 Å². The summed E-state index contributed by atoms with van der Waals surface area (Å²) < 4.78 is 5.16. The van der Waals surface area contributed by atoms with Crippen molar-refractivity contribution in [2.24, 2.45) is 0 Å². The van der Waals surface area contributed by atoms with Gasteiger partial charge >= 0.3 is 12.1 Å². The van der Waals surface area contributed by atoms with Crippen LogP contribution in [0, 0.1) is 0 Å². The first-order valence-electron chi connectivity index (χ1n) is 7.62.